The van der Waals surface area contributed by atoms with Crippen LogP contribution in [0.25, 0.3) is 0 Å². The van der Waals surface area contributed by atoms with Gasteiger partial charge in [0, 0.05) is 35.6 Å². The highest BCUT2D eigenvalue weighted by molar-refractivity contribution is 6.31. The molecule has 0 bridgehead atoms. The summed E-state index contributed by atoms with van der Waals surface area (Å²) in [6, 6.07) is 17.5. The molecule has 0 aliphatic carbocycles. The molecule has 0 saturated carbocycles. The first-order valence-electron chi connectivity index (χ1n) is 16.6. The summed E-state index contributed by atoms with van der Waals surface area (Å²) in [4.78, 5) is 16.4. The summed E-state index contributed by atoms with van der Waals surface area (Å²) in [5.41, 5.74) is 7.02. The first-order chi connectivity index (χ1) is 22.8. The molecule has 2 fully saturated rings. The molecule has 5 unspecified atom stereocenters. The van der Waals surface area contributed by atoms with Crippen LogP contribution in [0.4, 0.5) is 8.78 Å². The summed E-state index contributed by atoms with van der Waals surface area (Å²) in [7, 11) is 0. The number of carbonyl (C=O) groups excluding carboxylic acids is 1. The lowest BCUT2D eigenvalue weighted by Crippen LogP contribution is -2.53. The van der Waals surface area contributed by atoms with E-state index in [0.717, 1.165) is 32.5 Å². The van der Waals surface area contributed by atoms with Gasteiger partial charge in [0.2, 0.25) is 5.91 Å². The molecule has 1 amide bonds. The number of aliphatic hydroxyl groups excluding tert-OH is 2. The van der Waals surface area contributed by atoms with Crippen LogP contribution in [-0.2, 0) is 16.9 Å². The van der Waals surface area contributed by atoms with E-state index in [9.17, 15) is 15.0 Å². The van der Waals surface area contributed by atoms with Crippen LogP contribution < -0.4 is 16.4 Å². The SMILES string of the molecule is CC(C)(CC1NC(C(=O)NCCC(O)CO)C(c2cccc(Cl)c2F)C1(N)c1ccc(Cl)cc1F)C1CCN(Cc2ccccc2)CC1. The van der Waals surface area contributed by atoms with Crippen molar-refractivity contribution < 1.29 is 23.8 Å². The van der Waals surface area contributed by atoms with Crippen molar-refractivity contribution in [3.63, 3.8) is 0 Å². The summed E-state index contributed by atoms with van der Waals surface area (Å²) in [5, 5.41) is 25.4. The number of benzene rings is 3. The fraction of sp³-hybridized carbons (Fsp3) is 0.486. The highest BCUT2D eigenvalue weighted by atomic mass is 35.5. The lowest BCUT2D eigenvalue weighted by Gasteiger charge is -2.45. The third-order valence-electron chi connectivity index (χ3n) is 10.5. The number of nitrogens with one attached hydrogen (secondary N) is 2. The Morgan fingerprint density at radius 2 is 1.81 bits per heavy atom. The van der Waals surface area contributed by atoms with Crippen molar-refractivity contribution in [3.05, 3.63) is 105 Å². The zero-order valence-corrected chi connectivity index (χ0v) is 29.0. The number of likely N-dealkylation sites (tertiary alicyclic amines) is 1. The van der Waals surface area contributed by atoms with Crippen LogP contribution in [0.1, 0.15) is 62.1 Å². The second-order valence-corrected chi connectivity index (χ2v) is 14.9. The first kappa shape index (κ1) is 36.6. The van der Waals surface area contributed by atoms with Crippen molar-refractivity contribution in [2.45, 2.75) is 75.7 Å². The molecule has 11 heteroatoms. The number of nitrogens with two attached hydrogens (primary N) is 1. The Morgan fingerprint density at radius 3 is 2.48 bits per heavy atom. The number of hydrogen-bond acceptors (Lipinski definition) is 6. The van der Waals surface area contributed by atoms with Crippen LogP contribution in [0, 0.1) is 23.0 Å². The quantitative estimate of drug-likeness (QED) is 0.165. The molecule has 0 spiro atoms. The minimum atomic E-state index is -1.60. The Labute approximate surface area is 291 Å². The molecule has 3 aromatic rings. The molecule has 3 aromatic carbocycles. The van der Waals surface area contributed by atoms with E-state index in [1.165, 1.54) is 29.8 Å². The molecule has 0 aromatic heterocycles. The Hall–Kier alpha value is -2.63. The number of rotatable bonds is 12. The van der Waals surface area contributed by atoms with Crippen molar-refractivity contribution in [2.24, 2.45) is 17.1 Å². The van der Waals surface area contributed by atoms with Gasteiger partial charge in [-0.2, -0.15) is 0 Å². The van der Waals surface area contributed by atoms with Crippen LogP contribution in [0.5, 0.6) is 0 Å². The van der Waals surface area contributed by atoms with Gasteiger partial charge < -0.3 is 26.6 Å². The molecule has 2 saturated heterocycles. The van der Waals surface area contributed by atoms with E-state index in [4.69, 9.17) is 28.9 Å². The maximum absolute atomic E-state index is 16.0. The predicted octanol–water partition coefficient (Wildman–Crippen LogP) is 5.74. The van der Waals surface area contributed by atoms with Gasteiger partial charge in [-0.05, 0) is 79.4 Å². The second-order valence-electron chi connectivity index (χ2n) is 14.0. The smallest absolute Gasteiger partial charge is 0.237 e. The average molecular weight is 704 g/mol. The molecule has 48 heavy (non-hydrogen) atoms. The van der Waals surface area contributed by atoms with Crippen LogP contribution in [0.15, 0.2) is 66.7 Å². The number of piperidine rings is 1. The van der Waals surface area contributed by atoms with E-state index < -0.39 is 53.8 Å². The van der Waals surface area contributed by atoms with Crippen LogP contribution >= 0.6 is 23.2 Å². The van der Waals surface area contributed by atoms with Crippen molar-refractivity contribution in [1.82, 2.24) is 15.5 Å². The first-order valence-corrected chi connectivity index (χ1v) is 17.4. The van der Waals surface area contributed by atoms with Crippen molar-refractivity contribution in [3.8, 4) is 0 Å². The number of aliphatic hydroxyl groups is 2. The molecular formula is C37H46Cl2F2N4O3. The fourth-order valence-electron chi connectivity index (χ4n) is 7.76. The van der Waals surface area contributed by atoms with Gasteiger partial charge in [0.1, 0.15) is 11.6 Å². The molecule has 2 aliphatic heterocycles. The van der Waals surface area contributed by atoms with Crippen LogP contribution in [-0.4, -0.2) is 65.4 Å². The molecule has 260 valence electrons. The average Bonchev–Trinajstić information content (AvgIpc) is 3.34. The fourth-order valence-corrected chi connectivity index (χ4v) is 8.10. The number of hydrogen-bond donors (Lipinski definition) is 5. The van der Waals surface area contributed by atoms with Crippen LogP contribution in [0.2, 0.25) is 10.0 Å². The van der Waals surface area contributed by atoms with Crippen molar-refractivity contribution in [2.75, 3.05) is 26.2 Å². The predicted molar refractivity (Wildman–Crippen MR) is 186 cm³/mol. The Balaban J connectivity index is 1.48. The molecule has 0 radical (unpaired) electrons. The Kier molecular flexibility index (Phi) is 11.8. The summed E-state index contributed by atoms with van der Waals surface area (Å²) in [6.07, 6.45) is 1.50. The summed E-state index contributed by atoms with van der Waals surface area (Å²) >= 11 is 12.4. The number of amides is 1. The van der Waals surface area contributed by atoms with E-state index in [-0.39, 0.29) is 39.6 Å². The molecule has 2 aliphatic rings. The van der Waals surface area contributed by atoms with Crippen molar-refractivity contribution in [1.29, 1.82) is 0 Å². The van der Waals surface area contributed by atoms with Crippen LogP contribution in [0.3, 0.4) is 0 Å². The summed E-state index contributed by atoms with van der Waals surface area (Å²) in [6.45, 7) is 6.74. The van der Waals surface area contributed by atoms with E-state index >= 15 is 8.78 Å². The van der Waals surface area contributed by atoms with Gasteiger partial charge in [0.25, 0.3) is 0 Å². The van der Waals surface area contributed by atoms with E-state index in [1.54, 1.807) is 12.1 Å². The number of nitrogens with zero attached hydrogens (tertiary/aromatic N) is 1. The number of carbonyl (C=O) groups is 1. The monoisotopic (exact) mass is 702 g/mol. The third-order valence-corrected chi connectivity index (χ3v) is 11.0. The lowest BCUT2D eigenvalue weighted by atomic mass is 9.64. The largest absolute Gasteiger partial charge is 0.394 e. The van der Waals surface area contributed by atoms with Crippen molar-refractivity contribution >= 4 is 29.1 Å². The maximum Gasteiger partial charge on any atom is 0.237 e. The maximum atomic E-state index is 16.0. The minimum absolute atomic E-state index is 0.0636. The van der Waals surface area contributed by atoms with E-state index in [1.807, 2.05) is 6.07 Å². The number of halogens is 4. The summed E-state index contributed by atoms with van der Waals surface area (Å²) < 4.78 is 31.9. The van der Waals surface area contributed by atoms with Gasteiger partial charge in [-0.1, -0.05) is 85.6 Å². The molecule has 6 N–H and O–H groups in total. The molecule has 5 atom stereocenters. The highest BCUT2D eigenvalue weighted by Gasteiger charge is 2.59. The zero-order valence-electron chi connectivity index (χ0n) is 27.4. The third kappa shape index (κ3) is 7.88. The van der Waals surface area contributed by atoms with Gasteiger partial charge in [0.05, 0.1) is 29.3 Å². The van der Waals surface area contributed by atoms with Gasteiger partial charge in [-0.3, -0.25) is 9.69 Å². The summed E-state index contributed by atoms with van der Waals surface area (Å²) in [5.74, 6) is -2.61. The van der Waals surface area contributed by atoms with Gasteiger partial charge in [0.15, 0.2) is 0 Å². The minimum Gasteiger partial charge on any atom is -0.394 e. The Morgan fingerprint density at radius 1 is 1.10 bits per heavy atom. The zero-order chi connectivity index (χ0) is 34.6. The molecule has 2 heterocycles. The molecule has 5 rings (SSSR count). The second kappa shape index (κ2) is 15.5. The molecule has 7 nitrogen and oxygen atoms in total. The lowest BCUT2D eigenvalue weighted by molar-refractivity contribution is -0.123. The van der Waals surface area contributed by atoms with E-state index in [2.05, 4.69) is 53.6 Å². The highest BCUT2D eigenvalue weighted by Crippen LogP contribution is 2.51. The normalized spacial score (nSPS) is 24.5. The Bertz CT molecular complexity index is 1560. The topological polar surface area (TPSA) is 111 Å². The van der Waals surface area contributed by atoms with Gasteiger partial charge in [-0.15, -0.1) is 0 Å². The van der Waals surface area contributed by atoms with Gasteiger partial charge >= 0.3 is 0 Å². The standard InChI is InChI=1S/C37H46Cl2F2N4O3/c1-36(2,24-14-17-45(18-15-24)21-23-7-4-3-5-8-23)20-31-37(42,28-12-11-25(38)19-30(28)40)32(27-9-6-10-29(39)33(27)41)34(44-31)35(48)43-16-13-26(47)22-46/h3-12,19,24,26,31-32,34,44,46-47H,13-18,20-22,42H2,1-2H3,(H,43,48). The molecular weight excluding hydrogens is 657 g/mol. The van der Waals surface area contributed by atoms with Gasteiger partial charge in [-0.25, -0.2) is 8.78 Å². The van der Waals surface area contributed by atoms with E-state index in [0.29, 0.717) is 12.3 Å².